The second kappa shape index (κ2) is 7.26. The first-order valence-corrected chi connectivity index (χ1v) is 8.73. The fourth-order valence-corrected chi connectivity index (χ4v) is 3.70. The normalized spacial score (nSPS) is 21.3. The zero-order chi connectivity index (χ0) is 18.0. The van der Waals surface area contributed by atoms with Crippen LogP contribution in [-0.2, 0) is 11.8 Å². The SMILES string of the molecule is CNC(=O)c1ccc([C@@H]2CCCCN2CC(=O)N2CCNC2=O)n1C. The molecule has 3 heterocycles. The van der Waals surface area contributed by atoms with Crippen LogP contribution in [0, 0.1) is 0 Å². The lowest BCUT2D eigenvalue weighted by Gasteiger charge is -2.36. The van der Waals surface area contributed by atoms with E-state index in [0.717, 1.165) is 31.5 Å². The van der Waals surface area contributed by atoms with Gasteiger partial charge in [0.2, 0.25) is 5.91 Å². The molecule has 2 fully saturated rings. The van der Waals surface area contributed by atoms with E-state index < -0.39 is 0 Å². The van der Waals surface area contributed by atoms with Crippen LogP contribution in [0.25, 0.3) is 0 Å². The molecule has 1 atom stereocenters. The summed E-state index contributed by atoms with van der Waals surface area (Å²) in [6, 6.07) is 3.54. The lowest BCUT2D eigenvalue weighted by molar-refractivity contribution is -0.129. The minimum absolute atomic E-state index is 0.0757. The molecule has 1 aromatic rings. The van der Waals surface area contributed by atoms with E-state index in [1.165, 1.54) is 4.90 Å². The lowest BCUT2D eigenvalue weighted by atomic mass is 9.99. The van der Waals surface area contributed by atoms with Gasteiger partial charge in [0.1, 0.15) is 5.69 Å². The molecule has 0 saturated carbocycles. The van der Waals surface area contributed by atoms with E-state index >= 15 is 0 Å². The molecule has 136 valence electrons. The van der Waals surface area contributed by atoms with Crippen LogP contribution in [0.3, 0.4) is 0 Å². The van der Waals surface area contributed by atoms with Crippen LogP contribution in [0.15, 0.2) is 12.1 Å². The van der Waals surface area contributed by atoms with Gasteiger partial charge in [-0.3, -0.25) is 19.4 Å². The van der Waals surface area contributed by atoms with E-state index in [9.17, 15) is 14.4 Å². The van der Waals surface area contributed by atoms with Crippen LogP contribution in [0.1, 0.15) is 41.5 Å². The Kier molecular flexibility index (Phi) is 5.08. The Morgan fingerprint density at radius 3 is 2.76 bits per heavy atom. The van der Waals surface area contributed by atoms with Crippen LogP contribution in [0.5, 0.6) is 0 Å². The summed E-state index contributed by atoms with van der Waals surface area (Å²) in [5, 5.41) is 5.31. The molecule has 0 bridgehead atoms. The van der Waals surface area contributed by atoms with Gasteiger partial charge >= 0.3 is 6.03 Å². The maximum absolute atomic E-state index is 12.5. The predicted octanol–water partition coefficient (Wildman–Crippen LogP) is 0.464. The number of hydrogen-bond acceptors (Lipinski definition) is 4. The molecule has 0 radical (unpaired) electrons. The maximum atomic E-state index is 12.5. The molecule has 4 amide bonds. The van der Waals surface area contributed by atoms with Crippen molar-refractivity contribution in [3.05, 3.63) is 23.5 Å². The summed E-state index contributed by atoms with van der Waals surface area (Å²) in [4.78, 5) is 39.6. The first kappa shape index (κ1) is 17.5. The minimum atomic E-state index is -0.306. The van der Waals surface area contributed by atoms with E-state index in [-0.39, 0.29) is 30.4 Å². The number of likely N-dealkylation sites (tertiary alicyclic amines) is 1. The van der Waals surface area contributed by atoms with Crippen molar-refractivity contribution in [3.63, 3.8) is 0 Å². The molecule has 2 saturated heterocycles. The van der Waals surface area contributed by atoms with Gasteiger partial charge in [-0.2, -0.15) is 0 Å². The number of piperidine rings is 1. The predicted molar refractivity (Wildman–Crippen MR) is 92.1 cm³/mol. The summed E-state index contributed by atoms with van der Waals surface area (Å²) in [6.45, 7) is 1.98. The average molecular weight is 347 g/mol. The largest absolute Gasteiger partial charge is 0.354 e. The zero-order valence-corrected chi connectivity index (χ0v) is 14.7. The van der Waals surface area contributed by atoms with Gasteiger partial charge < -0.3 is 15.2 Å². The summed E-state index contributed by atoms with van der Waals surface area (Å²) in [5.41, 5.74) is 1.63. The van der Waals surface area contributed by atoms with E-state index in [2.05, 4.69) is 15.5 Å². The van der Waals surface area contributed by atoms with Crippen molar-refractivity contribution < 1.29 is 14.4 Å². The van der Waals surface area contributed by atoms with Gasteiger partial charge in [-0.15, -0.1) is 0 Å². The number of carbonyl (C=O) groups excluding carboxylic acids is 3. The second-order valence-electron chi connectivity index (χ2n) is 6.54. The smallest absolute Gasteiger partial charge is 0.324 e. The fraction of sp³-hybridized carbons (Fsp3) is 0.588. The molecule has 0 aromatic carbocycles. The van der Waals surface area contributed by atoms with Crippen molar-refractivity contribution in [1.82, 2.24) is 25.0 Å². The third kappa shape index (κ3) is 3.39. The highest BCUT2D eigenvalue weighted by Gasteiger charge is 2.32. The van der Waals surface area contributed by atoms with Gasteiger partial charge in [0.15, 0.2) is 0 Å². The van der Waals surface area contributed by atoms with Crippen LogP contribution < -0.4 is 10.6 Å². The van der Waals surface area contributed by atoms with Crippen LogP contribution in [-0.4, -0.2) is 65.4 Å². The van der Waals surface area contributed by atoms with Gasteiger partial charge in [-0.1, -0.05) is 6.42 Å². The summed E-state index contributed by atoms with van der Waals surface area (Å²) < 4.78 is 1.90. The number of carbonyl (C=O) groups is 3. The van der Waals surface area contributed by atoms with E-state index in [0.29, 0.717) is 18.8 Å². The third-order valence-electron chi connectivity index (χ3n) is 5.07. The molecule has 3 rings (SSSR count). The molecule has 1 aromatic heterocycles. The zero-order valence-electron chi connectivity index (χ0n) is 14.7. The lowest BCUT2D eigenvalue weighted by Crippen LogP contribution is -2.45. The number of rotatable bonds is 4. The summed E-state index contributed by atoms with van der Waals surface area (Å²) in [6.07, 6.45) is 3.05. The van der Waals surface area contributed by atoms with E-state index in [1.807, 2.05) is 23.7 Å². The second-order valence-corrected chi connectivity index (χ2v) is 6.54. The maximum Gasteiger partial charge on any atom is 0.324 e. The van der Waals surface area contributed by atoms with Gasteiger partial charge in [0.05, 0.1) is 12.6 Å². The van der Waals surface area contributed by atoms with E-state index in [1.54, 1.807) is 7.05 Å². The molecule has 25 heavy (non-hydrogen) atoms. The Labute approximate surface area is 147 Å². The highest BCUT2D eigenvalue weighted by molar-refractivity contribution is 5.96. The molecule has 0 unspecified atom stereocenters. The van der Waals surface area contributed by atoms with Crippen LogP contribution >= 0.6 is 0 Å². The number of hydrogen-bond donors (Lipinski definition) is 2. The van der Waals surface area contributed by atoms with Crippen molar-refractivity contribution in [1.29, 1.82) is 0 Å². The number of urea groups is 1. The quantitative estimate of drug-likeness (QED) is 0.829. The molecular weight excluding hydrogens is 322 g/mol. The Morgan fingerprint density at radius 1 is 1.28 bits per heavy atom. The average Bonchev–Trinajstić information content (AvgIpc) is 3.20. The topological polar surface area (TPSA) is 86.7 Å². The Morgan fingerprint density at radius 2 is 2.08 bits per heavy atom. The first-order chi connectivity index (χ1) is 12.0. The Hall–Kier alpha value is -2.35. The molecule has 2 aliphatic heterocycles. The van der Waals surface area contributed by atoms with Gasteiger partial charge in [0.25, 0.3) is 5.91 Å². The number of nitrogens with zero attached hydrogens (tertiary/aromatic N) is 3. The van der Waals surface area contributed by atoms with Gasteiger partial charge in [0, 0.05) is 32.9 Å². The molecule has 0 aliphatic carbocycles. The summed E-state index contributed by atoms with van der Waals surface area (Å²) >= 11 is 0. The molecular formula is C17H25N5O3. The molecule has 0 spiro atoms. The number of amides is 4. The summed E-state index contributed by atoms with van der Waals surface area (Å²) in [7, 11) is 3.49. The standard InChI is InChI=1S/C17H25N5O3/c1-18-16(24)14-7-6-12(20(14)2)13-5-3-4-9-21(13)11-15(23)22-10-8-19-17(22)25/h6-7,13H,3-5,8-11H2,1-2H3,(H,18,24)(H,19,25)/t13-/m0/s1. The van der Waals surface area contributed by atoms with Gasteiger partial charge in [-0.25, -0.2) is 4.79 Å². The molecule has 8 nitrogen and oxygen atoms in total. The third-order valence-corrected chi connectivity index (χ3v) is 5.07. The number of imide groups is 1. The Bertz CT molecular complexity index is 684. The Balaban J connectivity index is 1.77. The van der Waals surface area contributed by atoms with Crippen molar-refractivity contribution in [3.8, 4) is 0 Å². The first-order valence-electron chi connectivity index (χ1n) is 8.73. The van der Waals surface area contributed by atoms with Crippen molar-refractivity contribution in [2.75, 3.05) is 33.2 Å². The molecule has 2 N–H and O–H groups in total. The monoisotopic (exact) mass is 347 g/mol. The van der Waals surface area contributed by atoms with Crippen LogP contribution in [0.4, 0.5) is 4.79 Å². The van der Waals surface area contributed by atoms with Crippen LogP contribution in [0.2, 0.25) is 0 Å². The number of aromatic nitrogens is 1. The summed E-state index contributed by atoms with van der Waals surface area (Å²) in [5.74, 6) is -0.288. The molecule has 8 heteroatoms. The van der Waals surface area contributed by atoms with E-state index in [4.69, 9.17) is 0 Å². The highest BCUT2D eigenvalue weighted by atomic mass is 16.2. The highest BCUT2D eigenvalue weighted by Crippen LogP contribution is 2.31. The van der Waals surface area contributed by atoms with Crippen molar-refractivity contribution in [2.45, 2.75) is 25.3 Å². The van der Waals surface area contributed by atoms with Gasteiger partial charge in [-0.05, 0) is 31.5 Å². The minimum Gasteiger partial charge on any atom is -0.354 e. The fourth-order valence-electron chi connectivity index (χ4n) is 3.70. The molecule has 2 aliphatic rings. The number of nitrogens with one attached hydrogen (secondary N) is 2. The van der Waals surface area contributed by atoms with Crippen molar-refractivity contribution >= 4 is 17.8 Å². The van der Waals surface area contributed by atoms with Crippen molar-refractivity contribution in [2.24, 2.45) is 7.05 Å².